The Hall–Kier alpha value is -1.53. The van der Waals surface area contributed by atoms with Crippen molar-refractivity contribution in [1.82, 2.24) is 0 Å². The first-order valence-electron chi connectivity index (χ1n) is 3.27. The lowest BCUT2D eigenvalue weighted by atomic mass is 10.1. The zero-order valence-corrected chi connectivity index (χ0v) is 6.04. The number of rotatable bonds is 1. The highest BCUT2D eigenvalue weighted by Crippen LogP contribution is 2.14. The highest BCUT2D eigenvalue weighted by atomic mass is 14.6. The molecule has 3 heteroatoms. The number of nitrogen functional groups attached to an aromatic ring is 1. The Labute approximate surface area is 65.2 Å². The maximum atomic E-state index is 8.64. The molecule has 0 amide bonds. The minimum atomic E-state index is 0.355. The van der Waals surface area contributed by atoms with Gasteiger partial charge in [-0.3, -0.25) is 0 Å². The van der Waals surface area contributed by atoms with E-state index in [1.54, 1.807) is 18.2 Å². The lowest BCUT2D eigenvalue weighted by molar-refractivity contribution is 1.06. The summed E-state index contributed by atoms with van der Waals surface area (Å²) in [4.78, 5) is 0. The molecule has 4 N–H and O–H groups in total. The standard InChI is InChI=1S/C8H9N3/c9-4-6-2-1-3-8(11)7(6)5-10/h1-3H,4,9,11H2. The molecule has 0 heterocycles. The third-order valence-electron chi connectivity index (χ3n) is 1.51. The molecule has 11 heavy (non-hydrogen) atoms. The Morgan fingerprint density at radius 2 is 2.18 bits per heavy atom. The summed E-state index contributed by atoms with van der Waals surface area (Å²) in [5.41, 5.74) is 12.7. The fourth-order valence-corrected chi connectivity index (χ4v) is 0.926. The van der Waals surface area contributed by atoms with E-state index in [1.807, 2.05) is 6.07 Å². The topological polar surface area (TPSA) is 75.8 Å². The Balaban J connectivity index is 3.27. The van der Waals surface area contributed by atoms with Crippen molar-refractivity contribution in [2.24, 2.45) is 5.73 Å². The molecular weight excluding hydrogens is 138 g/mol. The number of hydrogen-bond acceptors (Lipinski definition) is 3. The van der Waals surface area contributed by atoms with E-state index in [-0.39, 0.29) is 0 Å². The average molecular weight is 147 g/mol. The molecule has 3 nitrogen and oxygen atoms in total. The van der Waals surface area contributed by atoms with Gasteiger partial charge in [0.2, 0.25) is 0 Å². The smallest absolute Gasteiger partial charge is 0.102 e. The summed E-state index contributed by atoms with van der Waals surface area (Å²) in [6.45, 7) is 0.355. The molecule has 0 aromatic heterocycles. The summed E-state index contributed by atoms with van der Waals surface area (Å²) in [5, 5.41) is 8.64. The van der Waals surface area contributed by atoms with Gasteiger partial charge in [0.1, 0.15) is 6.07 Å². The SMILES string of the molecule is N#Cc1c(N)cccc1CN. The Kier molecular flexibility index (Phi) is 2.09. The van der Waals surface area contributed by atoms with Crippen molar-refractivity contribution < 1.29 is 0 Å². The monoisotopic (exact) mass is 147 g/mol. The second kappa shape index (κ2) is 3.04. The minimum absolute atomic E-state index is 0.355. The average Bonchev–Trinajstić information content (AvgIpc) is 2.04. The molecule has 0 saturated carbocycles. The van der Waals surface area contributed by atoms with Crippen molar-refractivity contribution in [1.29, 1.82) is 5.26 Å². The summed E-state index contributed by atoms with van der Waals surface area (Å²) in [6.07, 6.45) is 0. The number of benzene rings is 1. The second-order valence-corrected chi connectivity index (χ2v) is 2.20. The molecule has 0 bridgehead atoms. The molecule has 1 aromatic carbocycles. The summed E-state index contributed by atoms with van der Waals surface area (Å²) >= 11 is 0. The van der Waals surface area contributed by atoms with Crippen molar-refractivity contribution in [3.63, 3.8) is 0 Å². The largest absolute Gasteiger partial charge is 0.398 e. The van der Waals surface area contributed by atoms with Crippen LogP contribution in [0, 0.1) is 11.3 Å². The number of nitrogens with zero attached hydrogens (tertiary/aromatic N) is 1. The lowest BCUT2D eigenvalue weighted by Crippen LogP contribution is -2.01. The number of anilines is 1. The Morgan fingerprint density at radius 1 is 1.45 bits per heavy atom. The van der Waals surface area contributed by atoms with Crippen LogP contribution in [0.4, 0.5) is 5.69 Å². The summed E-state index contributed by atoms with van der Waals surface area (Å²) < 4.78 is 0. The van der Waals surface area contributed by atoms with Gasteiger partial charge in [0.15, 0.2) is 0 Å². The van der Waals surface area contributed by atoms with E-state index in [0.29, 0.717) is 17.8 Å². The van der Waals surface area contributed by atoms with E-state index in [4.69, 9.17) is 16.7 Å². The third-order valence-corrected chi connectivity index (χ3v) is 1.51. The van der Waals surface area contributed by atoms with Gasteiger partial charge in [-0.15, -0.1) is 0 Å². The lowest BCUT2D eigenvalue weighted by Gasteiger charge is -2.01. The Morgan fingerprint density at radius 3 is 2.64 bits per heavy atom. The van der Waals surface area contributed by atoms with Crippen molar-refractivity contribution in [2.75, 3.05) is 5.73 Å². The molecule has 0 fully saturated rings. The van der Waals surface area contributed by atoms with Crippen LogP contribution in [0.5, 0.6) is 0 Å². The van der Waals surface area contributed by atoms with Crippen LogP contribution >= 0.6 is 0 Å². The second-order valence-electron chi connectivity index (χ2n) is 2.20. The van der Waals surface area contributed by atoms with Gasteiger partial charge >= 0.3 is 0 Å². The van der Waals surface area contributed by atoms with E-state index < -0.39 is 0 Å². The van der Waals surface area contributed by atoms with Gasteiger partial charge < -0.3 is 11.5 Å². The zero-order valence-electron chi connectivity index (χ0n) is 6.04. The molecule has 1 rings (SSSR count). The molecule has 1 aromatic rings. The molecule has 0 saturated heterocycles. The molecule has 0 aliphatic carbocycles. The first-order chi connectivity index (χ1) is 5.29. The highest BCUT2D eigenvalue weighted by Gasteiger charge is 2.01. The molecule has 0 unspecified atom stereocenters. The van der Waals surface area contributed by atoms with E-state index in [0.717, 1.165) is 5.56 Å². The van der Waals surface area contributed by atoms with E-state index in [2.05, 4.69) is 0 Å². The maximum Gasteiger partial charge on any atom is 0.102 e. The maximum absolute atomic E-state index is 8.64. The summed E-state index contributed by atoms with van der Waals surface area (Å²) in [7, 11) is 0. The number of nitrogens with two attached hydrogens (primary N) is 2. The molecule has 0 aliphatic rings. The number of hydrogen-bond donors (Lipinski definition) is 2. The van der Waals surface area contributed by atoms with E-state index in [1.165, 1.54) is 0 Å². The Bertz CT molecular complexity index is 299. The van der Waals surface area contributed by atoms with Crippen molar-refractivity contribution in [2.45, 2.75) is 6.54 Å². The predicted octanol–water partition coefficient (Wildman–Crippen LogP) is 0.599. The van der Waals surface area contributed by atoms with Crippen molar-refractivity contribution >= 4 is 5.69 Å². The van der Waals surface area contributed by atoms with Crippen LogP contribution in [0.15, 0.2) is 18.2 Å². The van der Waals surface area contributed by atoms with Gasteiger partial charge in [-0.2, -0.15) is 5.26 Å². The third kappa shape index (κ3) is 1.31. The van der Waals surface area contributed by atoms with Crippen molar-refractivity contribution in [3.05, 3.63) is 29.3 Å². The summed E-state index contributed by atoms with van der Waals surface area (Å²) in [6, 6.07) is 7.29. The fraction of sp³-hybridized carbons (Fsp3) is 0.125. The molecule has 0 spiro atoms. The van der Waals surface area contributed by atoms with Crippen LogP contribution < -0.4 is 11.5 Å². The molecule has 0 radical (unpaired) electrons. The van der Waals surface area contributed by atoms with Gasteiger partial charge in [0.05, 0.1) is 5.56 Å². The highest BCUT2D eigenvalue weighted by molar-refractivity contribution is 5.57. The van der Waals surface area contributed by atoms with Gasteiger partial charge in [-0.25, -0.2) is 0 Å². The van der Waals surface area contributed by atoms with Gasteiger partial charge in [-0.05, 0) is 11.6 Å². The van der Waals surface area contributed by atoms with E-state index >= 15 is 0 Å². The quantitative estimate of drug-likeness (QED) is 0.571. The zero-order chi connectivity index (χ0) is 8.27. The minimum Gasteiger partial charge on any atom is -0.398 e. The normalized spacial score (nSPS) is 9.09. The van der Waals surface area contributed by atoms with Crippen LogP contribution in [-0.2, 0) is 6.54 Å². The van der Waals surface area contributed by atoms with Crippen LogP contribution in [0.25, 0.3) is 0 Å². The first-order valence-corrected chi connectivity index (χ1v) is 3.27. The van der Waals surface area contributed by atoms with Crippen LogP contribution in [0.3, 0.4) is 0 Å². The van der Waals surface area contributed by atoms with Crippen LogP contribution in [0.1, 0.15) is 11.1 Å². The predicted molar refractivity (Wildman–Crippen MR) is 43.5 cm³/mol. The summed E-state index contributed by atoms with van der Waals surface area (Å²) in [5.74, 6) is 0. The van der Waals surface area contributed by atoms with Gasteiger partial charge in [0.25, 0.3) is 0 Å². The van der Waals surface area contributed by atoms with Crippen molar-refractivity contribution in [3.8, 4) is 6.07 Å². The fourth-order valence-electron chi connectivity index (χ4n) is 0.926. The number of nitriles is 1. The van der Waals surface area contributed by atoms with Crippen LogP contribution in [-0.4, -0.2) is 0 Å². The van der Waals surface area contributed by atoms with E-state index in [9.17, 15) is 0 Å². The molecule has 56 valence electrons. The molecule has 0 atom stereocenters. The van der Waals surface area contributed by atoms with Crippen LogP contribution in [0.2, 0.25) is 0 Å². The van der Waals surface area contributed by atoms with Gasteiger partial charge in [0, 0.05) is 12.2 Å². The molecule has 0 aliphatic heterocycles. The first kappa shape index (κ1) is 7.58. The van der Waals surface area contributed by atoms with Gasteiger partial charge in [-0.1, -0.05) is 12.1 Å². The molecular formula is C8H9N3.